The van der Waals surface area contributed by atoms with Crippen molar-refractivity contribution in [1.82, 2.24) is 14.8 Å². The number of amides is 1. The number of hydrogen-bond donors (Lipinski definition) is 2. The van der Waals surface area contributed by atoms with Crippen molar-refractivity contribution in [2.45, 2.75) is 38.1 Å². The molecule has 2 heterocycles. The molecule has 106 valence electrons. The van der Waals surface area contributed by atoms with Gasteiger partial charge < -0.3 is 10.3 Å². The Hall–Kier alpha value is -1.75. The second-order valence-electron chi connectivity index (χ2n) is 5.14. The van der Waals surface area contributed by atoms with Crippen LogP contribution in [0.2, 0.25) is 5.02 Å². The largest absolute Gasteiger partial charge is 0.356 e. The Morgan fingerprint density at radius 1 is 1.40 bits per heavy atom. The molecule has 0 unspecified atom stereocenters. The molecule has 0 spiro atoms. The molecule has 1 amide bonds. The third kappa shape index (κ3) is 2.72. The molecule has 1 aliphatic rings. The van der Waals surface area contributed by atoms with Crippen molar-refractivity contribution in [3.05, 3.63) is 35.2 Å². The van der Waals surface area contributed by atoms with E-state index in [1.807, 2.05) is 10.7 Å². The number of hydrogen-bond acceptors (Lipinski definition) is 2. The van der Waals surface area contributed by atoms with Gasteiger partial charge in [0.25, 0.3) is 5.91 Å². The van der Waals surface area contributed by atoms with Crippen LogP contribution in [0, 0.1) is 0 Å². The summed E-state index contributed by atoms with van der Waals surface area (Å²) in [7, 11) is 0. The first kappa shape index (κ1) is 13.2. The van der Waals surface area contributed by atoms with Crippen LogP contribution >= 0.6 is 11.6 Å². The van der Waals surface area contributed by atoms with E-state index in [2.05, 4.69) is 15.4 Å². The molecule has 3 rings (SSSR count). The Balaban J connectivity index is 1.74. The van der Waals surface area contributed by atoms with Crippen LogP contribution in [-0.2, 0) is 0 Å². The van der Waals surface area contributed by atoms with Crippen molar-refractivity contribution in [2.75, 3.05) is 5.32 Å². The van der Waals surface area contributed by atoms with Gasteiger partial charge in [-0.1, -0.05) is 30.9 Å². The van der Waals surface area contributed by atoms with E-state index in [9.17, 15) is 4.79 Å². The second kappa shape index (κ2) is 5.71. The molecule has 6 heteroatoms. The number of H-pyrrole nitrogens is 1. The molecule has 0 bridgehead atoms. The first-order valence-electron chi connectivity index (χ1n) is 6.93. The summed E-state index contributed by atoms with van der Waals surface area (Å²) < 4.78 is 1.93. The highest BCUT2D eigenvalue weighted by Crippen LogP contribution is 2.30. The predicted octanol–water partition coefficient (Wildman–Crippen LogP) is 3.62. The topological polar surface area (TPSA) is 62.7 Å². The Kier molecular flexibility index (Phi) is 3.78. The number of nitrogens with zero attached hydrogens (tertiary/aromatic N) is 2. The Morgan fingerprint density at radius 2 is 2.20 bits per heavy atom. The van der Waals surface area contributed by atoms with Crippen LogP contribution in [-0.4, -0.2) is 20.7 Å². The molecular formula is C14H17ClN4O. The number of nitrogens with one attached hydrogen (secondary N) is 2. The summed E-state index contributed by atoms with van der Waals surface area (Å²) >= 11 is 5.81. The molecule has 2 aromatic heterocycles. The quantitative estimate of drug-likeness (QED) is 0.907. The minimum absolute atomic E-state index is 0.200. The van der Waals surface area contributed by atoms with Crippen molar-refractivity contribution in [2.24, 2.45) is 0 Å². The van der Waals surface area contributed by atoms with Crippen molar-refractivity contribution < 1.29 is 4.79 Å². The van der Waals surface area contributed by atoms with E-state index in [1.165, 1.54) is 19.3 Å². The lowest BCUT2D eigenvalue weighted by molar-refractivity contribution is 0.102. The second-order valence-corrected chi connectivity index (χ2v) is 5.57. The van der Waals surface area contributed by atoms with Crippen molar-refractivity contribution in [1.29, 1.82) is 0 Å². The van der Waals surface area contributed by atoms with Crippen molar-refractivity contribution >= 4 is 23.3 Å². The number of halogens is 1. The number of rotatable bonds is 3. The lowest BCUT2D eigenvalue weighted by Crippen LogP contribution is -2.20. The molecule has 1 saturated carbocycles. The monoisotopic (exact) mass is 292 g/mol. The maximum absolute atomic E-state index is 12.1. The molecule has 1 fully saturated rings. The predicted molar refractivity (Wildman–Crippen MR) is 78.1 cm³/mol. The van der Waals surface area contributed by atoms with Gasteiger partial charge in [-0.05, 0) is 18.9 Å². The summed E-state index contributed by atoms with van der Waals surface area (Å²) in [6.45, 7) is 0. The highest BCUT2D eigenvalue weighted by atomic mass is 35.5. The molecule has 0 aliphatic heterocycles. The molecule has 0 radical (unpaired) electrons. The van der Waals surface area contributed by atoms with Crippen LogP contribution in [0.5, 0.6) is 0 Å². The molecule has 2 aromatic rings. The molecular weight excluding hydrogens is 276 g/mol. The number of anilines is 1. The summed E-state index contributed by atoms with van der Waals surface area (Å²) in [5.41, 5.74) is 0.450. The Morgan fingerprint density at radius 3 is 2.90 bits per heavy atom. The normalized spacial score (nSPS) is 16.2. The van der Waals surface area contributed by atoms with Gasteiger partial charge in [-0.25, -0.2) is 4.68 Å². The molecule has 0 atom stereocenters. The first-order valence-corrected chi connectivity index (χ1v) is 7.30. The highest BCUT2D eigenvalue weighted by Gasteiger charge is 2.19. The number of carbonyl (C=O) groups is 1. The van der Waals surface area contributed by atoms with E-state index in [0.717, 1.165) is 18.7 Å². The van der Waals surface area contributed by atoms with Gasteiger partial charge in [-0.2, -0.15) is 5.10 Å². The lowest BCUT2D eigenvalue weighted by atomic mass is 9.96. The minimum Gasteiger partial charge on any atom is -0.356 e. The fourth-order valence-corrected chi connectivity index (χ4v) is 2.88. The molecule has 20 heavy (non-hydrogen) atoms. The third-order valence-corrected chi connectivity index (χ3v) is 3.94. The first-order chi connectivity index (χ1) is 9.74. The minimum atomic E-state index is -0.200. The molecule has 1 aliphatic carbocycles. The Bertz CT molecular complexity index is 598. The van der Waals surface area contributed by atoms with E-state index in [0.29, 0.717) is 16.8 Å². The maximum atomic E-state index is 12.1. The van der Waals surface area contributed by atoms with Crippen LogP contribution in [0.25, 0.3) is 0 Å². The zero-order valence-corrected chi connectivity index (χ0v) is 11.9. The van der Waals surface area contributed by atoms with Gasteiger partial charge in [0.2, 0.25) is 0 Å². The number of aromatic amines is 1. The van der Waals surface area contributed by atoms with E-state index < -0.39 is 0 Å². The van der Waals surface area contributed by atoms with Gasteiger partial charge in [0, 0.05) is 12.3 Å². The van der Waals surface area contributed by atoms with Gasteiger partial charge >= 0.3 is 0 Å². The van der Waals surface area contributed by atoms with Gasteiger partial charge in [0.05, 0.1) is 17.3 Å². The zero-order valence-electron chi connectivity index (χ0n) is 11.1. The fraction of sp³-hybridized carbons (Fsp3) is 0.429. The van der Waals surface area contributed by atoms with E-state index in [4.69, 9.17) is 11.6 Å². The number of aromatic nitrogens is 3. The van der Waals surface area contributed by atoms with Crippen LogP contribution in [0.15, 0.2) is 24.5 Å². The Labute approximate surface area is 122 Å². The average molecular weight is 293 g/mol. The molecule has 0 saturated heterocycles. The maximum Gasteiger partial charge on any atom is 0.273 e. The fourth-order valence-electron chi connectivity index (χ4n) is 2.71. The lowest BCUT2D eigenvalue weighted by Gasteiger charge is -2.23. The van der Waals surface area contributed by atoms with Gasteiger partial charge in [0.1, 0.15) is 11.5 Å². The van der Waals surface area contributed by atoms with Gasteiger partial charge in [-0.3, -0.25) is 4.79 Å². The van der Waals surface area contributed by atoms with Gasteiger partial charge in [-0.15, -0.1) is 0 Å². The van der Waals surface area contributed by atoms with E-state index in [-0.39, 0.29) is 5.91 Å². The van der Waals surface area contributed by atoms with E-state index in [1.54, 1.807) is 18.5 Å². The third-order valence-electron chi connectivity index (χ3n) is 3.72. The average Bonchev–Trinajstić information content (AvgIpc) is 3.09. The van der Waals surface area contributed by atoms with Crippen molar-refractivity contribution in [3.8, 4) is 0 Å². The SMILES string of the molecule is O=C(Nc1ccnn1C1CCCCC1)c1cc(Cl)c[nH]1. The summed E-state index contributed by atoms with van der Waals surface area (Å²) in [4.78, 5) is 15.0. The summed E-state index contributed by atoms with van der Waals surface area (Å²) in [5.74, 6) is 0.544. The number of carbonyl (C=O) groups excluding carboxylic acids is 1. The van der Waals surface area contributed by atoms with Gasteiger partial charge in [0.15, 0.2) is 0 Å². The van der Waals surface area contributed by atoms with Crippen molar-refractivity contribution in [3.63, 3.8) is 0 Å². The smallest absolute Gasteiger partial charge is 0.273 e. The molecule has 2 N–H and O–H groups in total. The molecule has 0 aromatic carbocycles. The van der Waals surface area contributed by atoms with E-state index >= 15 is 0 Å². The summed E-state index contributed by atoms with van der Waals surface area (Å²) in [6, 6.07) is 3.83. The van der Waals surface area contributed by atoms with Crippen LogP contribution in [0.3, 0.4) is 0 Å². The van der Waals surface area contributed by atoms with Crippen LogP contribution < -0.4 is 5.32 Å². The van der Waals surface area contributed by atoms with Crippen LogP contribution in [0.4, 0.5) is 5.82 Å². The van der Waals surface area contributed by atoms with Crippen LogP contribution in [0.1, 0.15) is 48.6 Å². The standard InChI is InChI=1S/C14H17ClN4O/c15-10-8-12(16-9-10)14(20)18-13-6-7-17-19(13)11-4-2-1-3-5-11/h6-9,11,16H,1-5H2,(H,18,20). The molecule has 5 nitrogen and oxygen atoms in total. The summed E-state index contributed by atoms with van der Waals surface area (Å²) in [5, 5.41) is 7.77. The summed E-state index contributed by atoms with van der Waals surface area (Å²) in [6.07, 6.45) is 9.31. The highest BCUT2D eigenvalue weighted by molar-refractivity contribution is 6.31. The zero-order chi connectivity index (χ0) is 13.9.